The molecule has 1 aromatic heterocycles. The minimum atomic E-state index is 0.367. The minimum absolute atomic E-state index is 0.367. The summed E-state index contributed by atoms with van der Waals surface area (Å²) in [5.41, 5.74) is 2.34. The number of benzene rings is 2. The van der Waals surface area contributed by atoms with Gasteiger partial charge in [-0.1, -0.05) is 46.3 Å². The van der Waals surface area contributed by atoms with E-state index in [2.05, 4.69) is 64.2 Å². The first-order valence-corrected chi connectivity index (χ1v) is 6.59. The van der Waals surface area contributed by atoms with E-state index in [1.54, 1.807) is 0 Å². The zero-order valence-electron chi connectivity index (χ0n) is 9.52. The summed E-state index contributed by atoms with van der Waals surface area (Å²) < 4.78 is 0. The molecule has 0 N–H and O–H groups in total. The van der Waals surface area contributed by atoms with Crippen molar-refractivity contribution in [3.63, 3.8) is 0 Å². The van der Waals surface area contributed by atoms with Crippen molar-refractivity contribution < 1.29 is 0 Å². The molecule has 3 rings (SSSR count). The molecule has 0 aliphatic carbocycles. The van der Waals surface area contributed by atoms with Gasteiger partial charge in [-0.3, -0.25) is 4.98 Å². The van der Waals surface area contributed by atoms with Crippen LogP contribution in [-0.4, -0.2) is 4.98 Å². The van der Waals surface area contributed by atoms with E-state index in [0.29, 0.717) is 4.83 Å². The number of hydrogen-bond donors (Lipinski definition) is 0. The molecule has 0 saturated heterocycles. The molecule has 3 aromatic rings. The quantitative estimate of drug-likeness (QED) is 0.460. The SMILES string of the molecule is CC(Br)c1ccc2ncc3ccccc3c2c1. The zero-order valence-corrected chi connectivity index (χ0v) is 11.1. The molecule has 1 nitrogen and oxygen atoms in total. The number of hydrogen-bond acceptors (Lipinski definition) is 1. The van der Waals surface area contributed by atoms with Gasteiger partial charge in [0, 0.05) is 21.8 Å². The van der Waals surface area contributed by atoms with Gasteiger partial charge in [0.15, 0.2) is 0 Å². The van der Waals surface area contributed by atoms with Crippen molar-refractivity contribution in [1.82, 2.24) is 4.98 Å². The zero-order chi connectivity index (χ0) is 11.8. The maximum atomic E-state index is 4.49. The Kier molecular flexibility index (Phi) is 2.60. The van der Waals surface area contributed by atoms with Crippen LogP contribution in [-0.2, 0) is 0 Å². The second kappa shape index (κ2) is 4.11. The van der Waals surface area contributed by atoms with Crippen LogP contribution >= 0.6 is 15.9 Å². The van der Waals surface area contributed by atoms with Crippen LogP contribution in [0, 0.1) is 0 Å². The lowest BCUT2D eigenvalue weighted by Crippen LogP contribution is -1.87. The molecule has 1 atom stereocenters. The third-order valence-electron chi connectivity index (χ3n) is 3.07. The maximum Gasteiger partial charge on any atom is 0.0708 e. The Balaban J connectivity index is 2.42. The molecular weight excluding hydrogens is 274 g/mol. The van der Waals surface area contributed by atoms with Gasteiger partial charge in [-0.25, -0.2) is 0 Å². The van der Waals surface area contributed by atoms with Crippen LogP contribution in [0.4, 0.5) is 0 Å². The average molecular weight is 286 g/mol. The third-order valence-corrected chi connectivity index (χ3v) is 3.60. The molecule has 0 aliphatic heterocycles. The Labute approximate surface area is 109 Å². The normalized spacial score (nSPS) is 13.1. The van der Waals surface area contributed by atoms with Gasteiger partial charge in [0.05, 0.1) is 5.52 Å². The van der Waals surface area contributed by atoms with Crippen molar-refractivity contribution in [2.24, 2.45) is 0 Å². The summed E-state index contributed by atoms with van der Waals surface area (Å²) in [6, 6.07) is 14.8. The van der Waals surface area contributed by atoms with E-state index in [1.807, 2.05) is 12.3 Å². The highest BCUT2D eigenvalue weighted by atomic mass is 79.9. The second-order valence-electron chi connectivity index (χ2n) is 4.24. The van der Waals surface area contributed by atoms with Crippen molar-refractivity contribution in [1.29, 1.82) is 0 Å². The van der Waals surface area contributed by atoms with Crippen LogP contribution < -0.4 is 0 Å². The predicted molar refractivity (Wildman–Crippen MR) is 76.6 cm³/mol. The summed E-state index contributed by atoms with van der Waals surface area (Å²) in [7, 11) is 0. The summed E-state index contributed by atoms with van der Waals surface area (Å²) >= 11 is 3.61. The highest BCUT2D eigenvalue weighted by Crippen LogP contribution is 2.28. The molecule has 17 heavy (non-hydrogen) atoms. The second-order valence-corrected chi connectivity index (χ2v) is 5.61. The van der Waals surface area contributed by atoms with Crippen LogP contribution in [0.2, 0.25) is 0 Å². The van der Waals surface area contributed by atoms with Crippen molar-refractivity contribution in [2.45, 2.75) is 11.8 Å². The molecule has 2 aromatic carbocycles. The molecule has 0 spiro atoms. The molecule has 1 heterocycles. The standard InChI is InChI=1S/C15H12BrN/c1-10(16)11-6-7-15-14(8-11)13-5-3-2-4-12(13)9-17-15/h2-10H,1H3. The molecular formula is C15H12BrN. The number of nitrogens with zero attached hydrogens (tertiary/aromatic N) is 1. The molecule has 0 saturated carbocycles. The van der Waals surface area contributed by atoms with Crippen molar-refractivity contribution in [3.8, 4) is 0 Å². The molecule has 84 valence electrons. The number of pyridine rings is 1. The van der Waals surface area contributed by atoms with E-state index in [4.69, 9.17) is 0 Å². The van der Waals surface area contributed by atoms with E-state index < -0.39 is 0 Å². The number of alkyl halides is 1. The molecule has 0 radical (unpaired) electrons. The van der Waals surface area contributed by atoms with Crippen LogP contribution in [0.5, 0.6) is 0 Å². The highest BCUT2D eigenvalue weighted by molar-refractivity contribution is 9.09. The first-order valence-electron chi connectivity index (χ1n) is 5.67. The van der Waals surface area contributed by atoms with Crippen molar-refractivity contribution >= 4 is 37.6 Å². The van der Waals surface area contributed by atoms with E-state index in [1.165, 1.54) is 21.7 Å². The molecule has 0 fully saturated rings. The lowest BCUT2D eigenvalue weighted by Gasteiger charge is -2.07. The number of halogens is 1. The van der Waals surface area contributed by atoms with Crippen molar-refractivity contribution in [3.05, 3.63) is 54.2 Å². The van der Waals surface area contributed by atoms with Gasteiger partial charge in [-0.15, -0.1) is 0 Å². The van der Waals surface area contributed by atoms with Crippen LogP contribution in [0.15, 0.2) is 48.7 Å². The fourth-order valence-electron chi connectivity index (χ4n) is 2.12. The van der Waals surface area contributed by atoms with Gasteiger partial charge in [-0.2, -0.15) is 0 Å². The summed E-state index contributed by atoms with van der Waals surface area (Å²) in [6.45, 7) is 2.14. The van der Waals surface area contributed by atoms with Gasteiger partial charge >= 0.3 is 0 Å². The number of fused-ring (bicyclic) bond motifs is 3. The van der Waals surface area contributed by atoms with Crippen LogP contribution in [0.25, 0.3) is 21.7 Å². The lowest BCUT2D eigenvalue weighted by atomic mass is 10.0. The van der Waals surface area contributed by atoms with E-state index in [9.17, 15) is 0 Å². The monoisotopic (exact) mass is 285 g/mol. The van der Waals surface area contributed by atoms with Gasteiger partial charge in [0.25, 0.3) is 0 Å². The number of aromatic nitrogens is 1. The van der Waals surface area contributed by atoms with E-state index in [-0.39, 0.29) is 0 Å². The van der Waals surface area contributed by atoms with Gasteiger partial charge in [0.2, 0.25) is 0 Å². The van der Waals surface area contributed by atoms with Gasteiger partial charge in [0.1, 0.15) is 0 Å². The third kappa shape index (κ3) is 1.83. The lowest BCUT2D eigenvalue weighted by molar-refractivity contribution is 1.13. The largest absolute Gasteiger partial charge is 0.256 e. The fourth-order valence-corrected chi connectivity index (χ4v) is 2.41. The fraction of sp³-hybridized carbons (Fsp3) is 0.133. The van der Waals surface area contributed by atoms with Gasteiger partial charge < -0.3 is 0 Å². The van der Waals surface area contributed by atoms with Crippen LogP contribution in [0.1, 0.15) is 17.3 Å². The Hall–Kier alpha value is -1.41. The summed E-state index contributed by atoms with van der Waals surface area (Å²) in [5, 5.41) is 3.69. The maximum absolute atomic E-state index is 4.49. The summed E-state index contributed by atoms with van der Waals surface area (Å²) in [6.07, 6.45) is 1.94. The molecule has 0 amide bonds. The predicted octanol–water partition coefficient (Wildman–Crippen LogP) is 4.84. The highest BCUT2D eigenvalue weighted by Gasteiger charge is 2.05. The van der Waals surface area contributed by atoms with Gasteiger partial charge in [-0.05, 0) is 30.0 Å². The Morgan fingerprint density at radius 1 is 1.06 bits per heavy atom. The van der Waals surface area contributed by atoms with E-state index >= 15 is 0 Å². The Morgan fingerprint density at radius 3 is 2.71 bits per heavy atom. The van der Waals surface area contributed by atoms with Crippen molar-refractivity contribution in [2.75, 3.05) is 0 Å². The first-order chi connectivity index (χ1) is 8.25. The summed E-state index contributed by atoms with van der Waals surface area (Å²) in [5.74, 6) is 0. The first kappa shape index (κ1) is 10.7. The van der Waals surface area contributed by atoms with E-state index in [0.717, 1.165) is 5.52 Å². The topological polar surface area (TPSA) is 12.9 Å². The molecule has 0 aliphatic rings. The molecule has 1 unspecified atom stereocenters. The summed E-state index contributed by atoms with van der Waals surface area (Å²) in [4.78, 5) is 4.86. The molecule has 0 bridgehead atoms. The molecule has 2 heteroatoms. The Morgan fingerprint density at radius 2 is 1.88 bits per heavy atom. The Bertz CT molecular complexity index is 689. The minimum Gasteiger partial charge on any atom is -0.256 e. The van der Waals surface area contributed by atoms with Crippen LogP contribution in [0.3, 0.4) is 0 Å². The smallest absolute Gasteiger partial charge is 0.0708 e. The average Bonchev–Trinajstić information content (AvgIpc) is 2.38. The number of rotatable bonds is 1.